The molecule has 0 fully saturated rings. The molecule has 0 saturated carbocycles. The Balaban J connectivity index is 2.40. The van der Waals surface area contributed by atoms with Crippen LogP contribution in [-0.2, 0) is 21.3 Å². The van der Waals surface area contributed by atoms with Crippen LogP contribution >= 0.6 is 22.9 Å². The first-order valence-corrected chi connectivity index (χ1v) is 9.59. The molecule has 0 atom stereocenters. The van der Waals surface area contributed by atoms with Crippen molar-refractivity contribution in [2.45, 2.75) is 11.4 Å². The van der Waals surface area contributed by atoms with Crippen molar-refractivity contribution in [1.29, 1.82) is 0 Å². The second-order valence-electron chi connectivity index (χ2n) is 4.76. The molecule has 0 aliphatic heterocycles. The SMILES string of the molecule is COCCN(Cc1ccsc1)S(=O)(=O)c1cc(Cl)ccc1OC. The molecular weight excluding hydrogens is 358 g/mol. The minimum atomic E-state index is -3.77. The van der Waals surface area contributed by atoms with Gasteiger partial charge in [0.1, 0.15) is 10.6 Å². The number of nitrogens with zero attached hydrogens (tertiary/aromatic N) is 1. The van der Waals surface area contributed by atoms with E-state index >= 15 is 0 Å². The number of methoxy groups -OCH3 is 2. The van der Waals surface area contributed by atoms with Gasteiger partial charge in [-0.2, -0.15) is 15.6 Å². The quantitative estimate of drug-likeness (QED) is 0.710. The first-order chi connectivity index (χ1) is 11.0. The highest BCUT2D eigenvalue weighted by atomic mass is 35.5. The Morgan fingerprint density at radius 1 is 1.26 bits per heavy atom. The van der Waals surface area contributed by atoms with Gasteiger partial charge >= 0.3 is 0 Å². The highest BCUT2D eigenvalue weighted by Gasteiger charge is 2.28. The van der Waals surface area contributed by atoms with E-state index in [9.17, 15) is 8.42 Å². The molecule has 0 radical (unpaired) electrons. The number of halogens is 1. The lowest BCUT2D eigenvalue weighted by molar-refractivity contribution is 0.177. The molecule has 8 heteroatoms. The standard InChI is InChI=1S/C15H18ClNO4S2/c1-20-7-6-17(10-12-5-8-22-11-12)23(18,19)15-9-13(16)3-4-14(15)21-2/h3-5,8-9,11H,6-7,10H2,1-2H3. The minimum Gasteiger partial charge on any atom is -0.495 e. The van der Waals surface area contributed by atoms with Gasteiger partial charge in [-0.1, -0.05) is 11.6 Å². The number of hydrogen-bond donors (Lipinski definition) is 0. The van der Waals surface area contributed by atoms with Crippen molar-refractivity contribution in [2.24, 2.45) is 0 Å². The summed E-state index contributed by atoms with van der Waals surface area (Å²) in [6, 6.07) is 6.45. The number of ether oxygens (including phenoxy) is 2. The summed E-state index contributed by atoms with van der Waals surface area (Å²) in [5, 5.41) is 4.17. The topological polar surface area (TPSA) is 55.8 Å². The van der Waals surface area contributed by atoms with Crippen LogP contribution in [-0.4, -0.2) is 40.1 Å². The van der Waals surface area contributed by atoms with Crippen molar-refractivity contribution in [1.82, 2.24) is 4.31 Å². The van der Waals surface area contributed by atoms with Crippen LogP contribution < -0.4 is 4.74 Å². The van der Waals surface area contributed by atoms with E-state index in [1.807, 2.05) is 16.8 Å². The zero-order chi connectivity index (χ0) is 16.9. The van der Waals surface area contributed by atoms with Crippen molar-refractivity contribution in [3.63, 3.8) is 0 Å². The Morgan fingerprint density at radius 2 is 2.04 bits per heavy atom. The molecule has 23 heavy (non-hydrogen) atoms. The van der Waals surface area contributed by atoms with Crippen molar-refractivity contribution in [2.75, 3.05) is 27.4 Å². The summed E-state index contributed by atoms with van der Waals surface area (Å²) in [4.78, 5) is 0.0545. The average molecular weight is 376 g/mol. The Hall–Kier alpha value is -1.12. The lowest BCUT2D eigenvalue weighted by atomic mass is 10.3. The zero-order valence-corrected chi connectivity index (χ0v) is 15.2. The molecule has 0 N–H and O–H groups in total. The lowest BCUT2D eigenvalue weighted by Crippen LogP contribution is -2.33. The number of thiophene rings is 1. The van der Waals surface area contributed by atoms with Crippen molar-refractivity contribution >= 4 is 33.0 Å². The maximum absolute atomic E-state index is 13.0. The molecule has 0 spiro atoms. The highest BCUT2D eigenvalue weighted by Crippen LogP contribution is 2.30. The molecule has 5 nitrogen and oxygen atoms in total. The normalized spacial score (nSPS) is 11.8. The Morgan fingerprint density at radius 3 is 2.65 bits per heavy atom. The van der Waals surface area contributed by atoms with Crippen LogP contribution in [0.25, 0.3) is 0 Å². The molecule has 2 rings (SSSR count). The Labute approximate surface area is 145 Å². The smallest absolute Gasteiger partial charge is 0.247 e. The van der Waals surface area contributed by atoms with E-state index in [1.165, 1.54) is 35.9 Å². The Bertz CT molecular complexity index is 732. The third-order valence-electron chi connectivity index (χ3n) is 3.23. The van der Waals surface area contributed by atoms with Gasteiger partial charge in [0, 0.05) is 25.2 Å². The third-order valence-corrected chi connectivity index (χ3v) is 6.06. The van der Waals surface area contributed by atoms with E-state index in [1.54, 1.807) is 12.1 Å². The van der Waals surface area contributed by atoms with E-state index in [0.717, 1.165) is 5.56 Å². The lowest BCUT2D eigenvalue weighted by Gasteiger charge is -2.22. The third kappa shape index (κ3) is 4.45. The maximum atomic E-state index is 13.0. The fraction of sp³-hybridized carbons (Fsp3) is 0.333. The van der Waals surface area contributed by atoms with E-state index < -0.39 is 10.0 Å². The van der Waals surface area contributed by atoms with Gasteiger partial charge in [-0.15, -0.1) is 0 Å². The van der Waals surface area contributed by atoms with Crippen LogP contribution in [0.5, 0.6) is 5.75 Å². The van der Waals surface area contributed by atoms with Gasteiger partial charge in [0.15, 0.2) is 0 Å². The summed E-state index contributed by atoms with van der Waals surface area (Å²) in [6.45, 7) is 0.807. The summed E-state index contributed by atoms with van der Waals surface area (Å²) in [6.07, 6.45) is 0. The molecular formula is C15H18ClNO4S2. The average Bonchev–Trinajstić information content (AvgIpc) is 3.04. The molecule has 0 aliphatic rings. The second kappa shape index (κ2) is 8.12. The van der Waals surface area contributed by atoms with Crippen molar-refractivity contribution in [3.05, 3.63) is 45.6 Å². The van der Waals surface area contributed by atoms with Crippen LogP contribution in [0.4, 0.5) is 0 Å². The van der Waals surface area contributed by atoms with E-state index in [0.29, 0.717) is 11.6 Å². The zero-order valence-electron chi connectivity index (χ0n) is 12.9. The van der Waals surface area contributed by atoms with Crippen molar-refractivity contribution < 1.29 is 17.9 Å². The van der Waals surface area contributed by atoms with Gasteiger partial charge < -0.3 is 9.47 Å². The first kappa shape index (κ1) is 18.2. The van der Waals surface area contributed by atoms with Crippen LogP contribution in [0, 0.1) is 0 Å². The predicted molar refractivity (Wildman–Crippen MR) is 91.8 cm³/mol. The summed E-state index contributed by atoms with van der Waals surface area (Å²) in [5.74, 6) is 0.266. The fourth-order valence-corrected chi connectivity index (χ4v) is 4.55. The van der Waals surface area contributed by atoms with E-state index in [4.69, 9.17) is 21.1 Å². The van der Waals surface area contributed by atoms with Crippen LogP contribution in [0.2, 0.25) is 5.02 Å². The van der Waals surface area contributed by atoms with Gasteiger partial charge in [0.05, 0.1) is 13.7 Å². The number of sulfonamides is 1. The van der Waals surface area contributed by atoms with Gasteiger partial charge in [0.25, 0.3) is 0 Å². The molecule has 126 valence electrons. The van der Waals surface area contributed by atoms with Gasteiger partial charge in [-0.25, -0.2) is 8.42 Å². The largest absolute Gasteiger partial charge is 0.495 e. The van der Waals surface area contributed by atoms with Gasteiger partial charge in [0.2, 0.25) is 10.0 Å². The van der Waals surface area contributed by atoms with Crippen LogP contribution in [0.3, 0.4) is 0 Å². The molecule has 1 aromatic heterocycles. The van der Waals surface area contributed by atoms with Gasteiger partial charge in [-0.05, 0) is 40.6 Å². The molecule has 0 unspecified atom stereocenters. The summed E-state index contributed by atoms with van der Waals surface area (Å²) < 4.78 is 37.7. The van der Waals surface area contributed by atoms with Gasteiger partial charge in [-0.3, -0.25) is 0 Å². The van der Waals surface area contributed by atoms with Crippen molar-refractivity contribution in [3.8, 4) is 5.75 Å². The van der Waals surface area contributed by atoms with Crippen LogP contribution in [0.1, 0.15) is 5.56 Å². The minimum absolute atomic E-state index is 0.0545. The van der Waals surface area contributed by atoms with Crippen LogP contribution in [0.15, 0.2) is 39.9 Å². The molecule has 0 bridgehead atoms. The molecule has 1 aromatic carbocycles. The molecule has 0 amide bonds. The fourth-order valence-electron chi connectivity index (χ4n) is 2.05. The first-order valence-electron chi connectivity index (χ1n) is 6.82. The number of benzene rings is 1. The molecule has 2 aromatic rings. The predicted octanol–water partition coefficient (Wildman–Crippen LogP) is 3.25. The summed E-state index contributed by atoms with van der Waals surface area (Å²) >= 11 is 7.49. The summed E-state index contributed by atoms with van der Waals surface area (Å²) in [5.41, 5.74) is 0.927. The molecule has 0 saturated heterocycles. The highest BCUT2D eigenvalue weighted by molar-refractivity contribution is 7.89. The second-order valence-corrected chi connectivity index (χ2v) is 7.88. The maximum Gasteiger partial charge on any atom is 0.247 e. The molecule has 1 heterocycles. The van der Waals surface area contributed by atoms with E-state index in [-0.39, 0.29) is 23.7 Å². The monoisotopic (exact) mass is 375 g/mol. The summed E-state index contributed by atoms with van der Waals surface area (Å²) in [7, 11) is -0.798. The number of hydrogen-bond acceptors (Lipinski definition) is 5. The van der Waals surface area contributed by atoms with E-state index in [2.05, 4.69) is 0 Å². The Kier molecular flexibility index (Phi) is 6.43. The molecule has 0 aliphatic carbocycles. The number of rotatable bonds is 8.